The Morgan fingerprint density at radius 2 is 1.88 bits per heavy atom. The Hall–Kier alpha value is -1.10. The second kappa shape index (κ2) is 8.10. The summed E-state index contributed by atoms with van der Waals surface area (Å²) in [6.07, 6.45) is 3.35. The molecule has 0 fully saturated rings. The Kier molecular flexibility index (Phi) is 7.54. The van der Waals surface area contributed by atoms with Crippen LogP contribution in [0.3, 0.4) is 0 Å². The van der Waals surface area contributed by atoms with Gasteiger partial charge in [0, 0.05) is 6.42 Å². The quantitative estimate of drug-likeness (QED) is 0.434. The molecule has 0 aliphatic carbocycles. The number of hydrazine groups is 1. The Labute approximate surface area is 96.6 Å². The van der Waals surface area contributed by atoms with Crippen molar-refractivity contribution >= 4 is 11.9 Å². The summed E-state index contributed by atoms with van der Waals surface area (Å²) in [6, 6.07) is -0.741. The normalized spacial score (nSPS) is 12.5. The number of hydrogen-bond donors (Lipinski definition) is 3. The number of carbonyl (C=O) groups is 2. The van der Waals surface area contributed by atoms with Gasteiger partial charge in [-0.1, -0.05) is 33.6 Å². The van der Waals surface area contributed by atoms with Crippen molar-refractivity contribution < 1.29 is 14.7 Å². The summed E-state index contributed by atoms with van der Waals surface area (Å²) in [4.78, 5) is 22.1. The number of nitrogens with one attached hydrogen (secondary N) is 2. The predicted molar refractivity (Wildman–Crippen MR) is 61.7 cm³/mol. The largest absolute Gasteiger partial charge is 0.480 e. The average molecular weight is 230 g/mol. The molecule has 1 unspecified atom stereocenters. The molecule has 5 nitrogen and oxygen atoms in total. The molecule has 0 bridgehead atoms. The van der Waals surface area contributed by atoms with Gasteiger partial charge < -0.3 is 5.11 Å². The maximum atomic E-state index is 11.3. The minimum Gasteiger partial charge on any atom is -0.480 e. The molecule has 3 N–H and O–H groups in total. The van der Waals surface area contributed by atoms with E-state index in [-0.39, 0.29) is 11.8 Å². The van der Waals surface area contributed by atoms with Crippen LogP contribution in [0.5, 0.6) is 0 Å². The smallest absolute Gasteiger partial charge is 0.322 e. The fourth-order valence-electron chi connectivity index (χ4n) is 1.27. The summed E-state index contributed by atoms with van der Waals surface area (Å²) in [5.41, 5.74) is 4.98. The molecule has 94 valence electrons. The number of amides is 1. The fourth-order valence-corrected chi connectivity index (χ4v) is 1.27. The van der Waals surface area contributed by atoms with Crippen molar-refractivity contribution in [3.05, 3.63) is 0 Å². The van der Waals surface area contributed by atoms with Gasteiger partial charge in [0.2, 0.25) is 5.91 Å². The Balaban J connectivity index is 3.83. The van der Waals surface area contributed by atoms with Crippen LogP contribution in [0.1, 0.15) is 46.5 Å². The predicted octanol–water partition coefficient (Wildman–Crippen LogP) is 1.30. The van der Waals surface area contributed by atoms with Crippen molar-refractivity contribution in [2.45, 2.75) is 52.5 Å². The van der Waals surface area contributed by atoms with Gasteiger partial charge >= 0.3 is 5.97 Å². The second-order valence-corrected chi connectivity index (χ2v) is 4.21. The molecule has 0 rings (SSSR count). The van der Waals surface area contributed by atoms with Crippen LogP contribution in [0.25, 0.3) is 0 Å². The van der Waals surface area contributed by atoms with E-state index in [0.29, 0.717) is 6.42 Å². The molecule has 1 amide bonds. The average Bonchev–Trinajstić information content (AvgIpc) is 2.17. The van der Waals surface area contributed by atoms with Crippen LogP contribution in [0.15, 0.2) is 0 Å². The van der Waals surface area contributed by atoms with Crippen LogP contribution in [-0.4, -0.2) is 23.0 Å². The lowest BCUT2D eigenvalue weighted by Gasteiger charge is -2.18. The summed E-state index contributed by atoms with van der Waals surface area (Å²) in [5.74, 6) is -1.18. The molecular weight excluding hydrogens is 208 g/mol. The van der Waals surface area contributed by atoms with E-state index < -0.39 is 12.0 Å². The van der Waals surface area contributed by atoms with Crippen LogP contribution >= 0.6 is 0 Å². The first-order valence-electron chi connectivity index (χ1n) is 5.76. The van der Waals surface area contributed by atoms with E-state index in [2.05, 4.69) is 17.8 Å². The van der Waals surface area contributed by atoms with Crippen molar-refractivity contribution in [2.24, 2.45) is 5.92 Å². The third-order valence-electron chi connectivity index (χ3n) is 2.31. The lowest BCUT2D eigenvalue weighted by Crippen LogP contribution is -2.50. The van der Waals surface area contributed by atoms with Crippen molar-refractivity contribution in [1.29, 1.82) is 0 Å². The van der Waals surface area contributed by atoms with E-state index in [1.165, 1.54) is 0 Å². The van der Waals surface area contributed by atoms with Crippen molar-refractivity contribution in [3.63, 3.8) is 0 Å². The van der Waals surface area contributed by atoms with Gasteiger partial charge in [-0.15, -0.1) is 0 Å². The van der Waals surface area contributed by atoms with E-state index in [9.17, 15) is 9.59 Å². The highest BCUT2D eigenvalue weighted by Crippen LogP contribution is 2.01. The van der Waals surface area contributed by atoms with E-state index in [1.807, 2.05) is 0 Å². The zero-order valence-electron chi connectivity index (χ0n) is 10.2. The minimum atomic E-state index is -0.955. The van der Waals surface area contributed by atoms with Crippen LogP contribution in [-0.2, 0) is 9.59 Å². The Morgan fingerprint density at radius 3 is 2.31 bits per heavy atom. The molecule has 0 saturated heterocycles. The number of aliphatic carboxylic acids is 1. The number of carboxylic acid groups (broad SMARTS) is 1. The van der Waals surface area contributed by atoms with Gasteiger partial charge in [-0.25, -0.2) is 5.43 Å². The molecule has 0 aliphatic heterocycles. The monoisotopic (exact) mass is 230 g/mol. The van der Waals surface area contributed by atoms with E-state index in [4.69, 9.17) is 5.11 Å². The topological polar surface area (TPSA) is 78.4 Å². The highest BCUT2D eigenvalue weighted by molar-refractivity contribution is 5.77. The number of rotatable bonds is 8. The molecule has 0 radical (unpaired) electrons. The first-order chi connectivity index (χ1) is 7.49. The Bertz CT molecular complexity index is 229. The molecule has 0 aliphatic rings. The first-order valence-corrected chi connectivity index (χ1v) is 5.76. The Morgan fingerprint density at radius 1 is 1.25 bits per heavy atom. The SMILES string of the molecule is CCCCCC(=O)NNC(C(=O)O)C(C)C. The molecule has 0 aromatic rings. The van der Waals surface area contributed by atoms with Crippen molar-refractivity contribution in [3.8, 4) is 0 Å². The van der Waals surface area contributed by atoms with Gasteiger partial charge in [-0.2, -0.15) is 0 Å². The summed E-state index contributed by atoms with van der Waals surface area (Å²) < 4.78 is 0. The molecule has 0 spiro atoms. The van der Waals surface area contributed by atoms with Crippen LogP contribution in [0, 0.1) is 5.92 Å². The molecule has 5 heteroatoms. The summed E-state index contributed by atoms with van der Waals surface area (Å²) in [6.45, 7) is 5.64. The first kappa shape index (κ1) is 14.9. The van der Waals surface area contributed by atoms with Gasteiger partial charge in [0.25, 0.3) is 0 Å². The molecule has 0 heterocycles. The van der Waals surface area contributed by atoms with E-state index >= 15 is 0 Å². The van der Waals surface area contributed by atoms with Crippen molar-refractivity contribution in [2.75, 3.05) is 0 Å². The number of hydrogen-bond acceptors (Lipinski definition) is 3. The molecule has 0 aromatic carbocycles. The van der Waals surface area contributed by atoms with E-state index in [1.54, 1.807) is 13.8 Å². The molecule has 0 aromatic heterocycles. The highest BCUT2D eigenvalue weighted by atomic mass is 16.4. The van der Waals surface area contributed by atoms with Gasteiger partial charge in [0.15, 0.2) is 0 Å². The van der Waals surface area contributed by atoms with Gasteiger partial charge in [0.1, 0.15) is 6.04 Å². The molecule has 0 saturated carbocycles. The third kappa shape index (κ3) is 6.40. The number of unbranched alkanes of at least 4 members (excludes halogenated alkanes) is 2. The number of carbonyl (C=O) groups excluding carboxylic acids is 1. The van der Waals surface area contributed by atoms with Crippen molar-refractivity contribution in [1.82, 2.24) is 10.9 Å². The van der Waals surface area contributed by atoms with Gasteiger partial charge in [0.05, 0.1) is 0 Å². The van der Waals surface area contributed by atoms with E-state index in [0.717, 1.165) is 19.3 Å². The summed E-state index contributed by atoms with van der Waals surface area (Å²) >= 11 is 0. The summed E-state index contributed by atoms with van der Waals surface area (Å²) in [5, 5.41) is 8.86. The second-order valence-electron chi connectivity index (χ2n) is 4.21. The molecular formula is C11H22N2O3. The third-order valence-corrected chi connectivity index (χ3v) is 2.31. The van der Waals surface area contributed by atoms with Gasteiger partial charge in [-0.3, -0.25) is 15.0 Å². The lowest BCUT2D eigenvalue weighted by atomic mass is 10.1. The number of carboxylic acids is 1. The molecule has 1 atom stereocenters. The van der Waals surface area contributed by atoms with Crippen LogP contribution in [0.4, 0.5) is 0 Å². The standard InChI is InChI=1S/C11H22N2O3/c1-4-5-6-7-9(14)12-13-10(8(2)3)11(15)16/h8,10,13H,4-7H2,1-3H3,(H,12,14)(H,15,16). The lowest BCUT2D eigenvalue weighted by molar-refractivity contribution is -0.141. The van der Waals surface area contributed by atoms with Crippen LogP contribution < -0.4 is 10.9 Å². The minimum absolute atomic E-state index is 0.0755. The molecule has 16 heavy (non-hydrogen) atoms. The maximum Gasteiger partial charge on any atom is 0.322 e. The maximum absolute atomic E-state index is 11.3. The van der Waals surface area contributed by atoms with Gasteiger partial charge in [-0.05, 0) is 12.3 Å². The zero-order valence-corrected chi connectivity index (χ0v) is 10.2. The van der Waals surface area contributed by atoms with Crippen LogP contribution in [0.2, 0.25) is 0 Å². The highest BCUT2D eigenvalue weighted by Gasteiger charge is 2.21. The summed E-state index contributed by atoms with van der Waals surface area (Å²) in [7, 11) is 0. The fraction of sp³-hybridized carbons (Fsp3) is 0.818. The zero-order chi connectivity index (χ0) is 12.6.